The van der Waals surface area contributed by atoms with Gasteiger partial charge in [-0.25, -0.2) is 0 Å². The minimum Gasteiger partial charge on any atom is -0.484 e. The number of rotatable bonds is 6. The van der Waals surface area contributed by atoms with Gasteiger partial charge in [0.15, 0.2) is 6.61 Å². The molecule has 0 amide bonds. The normalized spacial score (nSPS) is 10.4. The summed E-state index contributed by atoms with van der Waals surface area (Å²) >= 11 is 0. The van der Waals surface area contributed by atoms with E-state index in [-0.39, 0.29) is 6.61 Å². The number of aromatic nitrogens is 2. The van der Waals surface area contributed by atoms with Gasteiger partial charge in [-0.3, -0.25) is 0 Å². The zero-order valence-corrected chi connectivity index (χ0v) is 12.3. The number of anilines is 1. The highest BCUT2D eigenvalue weighted by molar-refractivity contribution is 5.45. The second-order valence-electron chi connectivity index (χ2n) is 4.91. The fourth-order valence-electron chi connectivity index (χ4n) is 2.01. The first-order chi connectivity index (χ1) is 10.8. The Balaban J connectivity index is 1.53. The van der Waals surface area contributed by atoms with Crippen LogP contribution in [0.3, 0.4) is 0 Å². The largest absolute Gasteiger partial charge is 0.484 e. The first kappa shape index (κ1) is 14.1. The van der Waals surface area contributed by atoms with Crippen LogP contribution in [0.2, 0.25) is 0 Å². The van der Waals surface area contributed by atoms with Crippen molar-refractivity contribution in [1.29, 1.82) is 0 Å². The highest BCUT2D eigenvalue weighted by Crippen LogP contribution is 2.13. The van der Waals surface area contributed by atoms with Gasteiger partial charge in [-0.15, -0.1) is 10.2 Å². The Kier molecular flexibility index (Phi) is 4.34. The summed E-state index contributed by atoms with van der Waals surface area (Å²) in [5.41, 5.74) is 2.23. The van der Waals surface area contributed by atoms with Crippen molar-refractivity contribution in [3.05, 3.63) is 71.9 Å². The smallest absolute Gasteiger partial charge is 0.253 e. The van der Waals surface area contributed by atoms with Crippen molar-refractivity contribution < 1.29 is 9.15 Å². The summed E-state index contributed by atoms with van der Waals surface area (Å²) in [7, 11) is 0. The molecule has 112 valence electrons. The fraction of sp³-hybridized carbons (Fsp3) is 0.176. The molecular weight excluding hydrogens is 278 g/mol. The van der Waals surface area contributed by atoms with Crippen molar-refractivity contribution in [3.8, 4) is 5.75 Å². The van der Waals surface area contributed by atoms with Crippen LogP contribution >= 0.6 is 0 Å². The van der Waals surface area contributed by atoms with Crippen molar-refractivity contribution in [2.75, 3.05) is 5.32 Å². The Morgan fingerprint density at radius 3 is 2.64 bits per heavy atom. The molecule has 0 atom stereocenters. The maximum absolute atomic E-state index is 5.57. The van der Waals surface area contributed by atoms with Crippen molar-refractivity contribution in [2.45, 2.75) is 20.1 Å². The maximum atomic E-state index is 5.57. The second-order valence-corrected chi connectivity index (χ2v) is 4.91. The average Bonchev–Trinajstić information content (AvgIpc) is 3.00. The first-order valence-corrected chi connectivity index (χ1v) is 7.09. The minimum absolute atomic E-state index is 0.265. The van der Waals surface area contributed by atoms with E-state index in [1.807, 2.05) is 42.5 Å². The van der Waals surface area contributed by atoms with Crippen molar-refractivity contribution in [2.24, 2.45) is 0 Å². The van der Waals surface area contributed by atoms with Crippen LogP contribution < -0.4 is 10.1 Å². The molecule has 1 heterocycles. The maximum Gasteiger partial charge on any atom is 0.253 e. The number of hydrogen-bond donors (Lipinski definition) is 1. The summed E-state index contributed by atoms with van der Waals surface area (Å²) in [6.45, 7) is 2.81. The number of benzene rings is 2. The molecular formula is C17H17N3O2. The zero-order valence-electron chi connectivity index (χ0n) is 12.3. The zero-order chi connectivity index (χ0) is 15.2. The van der Waals surface area contributed by atoms with Gasteiger partial charge in [0.2, 0.25) is 5.89 Å². The molecule has 0 unspecified atom stereocenters. The van der Waals surface area contributed by atoms with Crippen LogP contribution in [0.4, 0.5) is 5.69 Å². The lowest BCUT2D eigenvalue weighted by Gasteiger charge is -2.04. The van der Waals surface area contributed by atoms with Gasteiger partial charge < -0.3 is 14.5 Å². The van der Waals surface area contributed by atoms with E-state index < -0.39 is 0 Å². The number of aryl methyl sites for hydroxylation is 1. The van der Waals surface area contributed by atoms with Crippen LogP contribution in [0.5, 0.6) is 5.75 Å². The number of hydrogen-bond acceptors (Lipinski definition) is 5. The monoisotopic (exact) mass is 295 g/mol. The quantitative estimate of drug-likeness (QED) is 0.753. The Labute approximate surface area is 129 Å². The standard InChI is InChI=1S/C17H17N3O2/c1-13-6-5-7-14(10-13)18-11-16-19-20-17(22-16)12-21-15-8-3-2-4-9-15/h2-10,18H,11-12H2,1H3. The summed E-state index contributed by atoms with van der Waals surface area (Å²) in [6, 6.07) is 17.7. The molecule has 3 aromatic rings. The van der Waals surface area contributed by atoms with Gasteiger partial charge in [0, 0.05) is 5.69 Å². The molecule has 2 aromatic carbocycles. The molecule has 0 aliphatic rings. The van der Waals surface area contributed by atoms with Gasteiger partial charge in [-0.1, -0.05) is 30.3 Å². The molecule has 5 nitrogen and oxygen atoms in total. The number of ether oxygens (including phenoxy) is 1. The van der Waals surface area contributed by atoms with E-state index in [1.54, 1.807) is 0 Å². The van der Waals surface area contributed by atoms with Gasteiger partial charge in [0.25, 0.3) is 5.89 Å². The summed E-state index contributed by atoms with van der Waals surface area (Å²) in [6.07, 6.45) is 0. The number of nitrogens with zero attached hydrogens (tertiary/aromatic N) is 2. The molecule has 0 aliphatic heterocycles. The van der Waals surface area contributed by atoms with E-state index in [0.29, 0.717) is 18.3 Å². The lowest BCUT2D eigenvalue weighted by molar-refractivity contribution is 0.259. The first-order valence-electron chi connectivity index (χ1n) is 7.09. The second kappa shape index (κ2) is 6.76. The molecule has 0 radical (unpaired) electrons. The van der Waals surface area contributed by atoms with E-state index in [1.165, 1.54) is 5.56 Å². The lowest BCUT2D eigenvalue weighted by atomic mass is 10.2. The lowest BCUT2D eigenvalue weighted by Crippen LogP contribution is -1.99. The molecule has 22 heavy (non-hydrogen) atoms. The SMILES string of the molecule is Cc1cccc(NCc2nnc(COc3ccccc3)o2)c1. The number of nitrogens with one attached hydrogen (secondary N) is 1. The topological polar surface area (TPSA) is 60.2 Å². The Morgan fingerprint density at radius 2 is 1.82 bits per heavy atom. The fourth-order valence-corrected chi connectivity index (χ4v) is 2.01. The Morgan fingerprint density at radius 1 is 1.00 bits per heavy atom. The van der Waals surface area contributed by atoms with Crippen LogP contribution in [0.15, 0.2) is 59.0 Å². The van der Waals surface area contributed by atoms with Gasteiger partial charge >= 0.3 is 0 Å². The minimum atomic E-state index is 0.265. The molecule has 3 rings (SSSR count). The Hall–Kier alpha value is -2.82. The predicted octanol–water partition coefficient (Wildman–Crippen LogP) is 3.57. The highest BCUT2D eigenvalue weighted by Gasteiger charge is 2.06. The van der Waals surface area contributed by atoms with Crippen LogP contribution in [-0.4, -0.2) is 10.2 Å². The van der Waals surface area contributed by atoms with Crippen molar-refractivity contribution in [3.63, 3.8) is 0 Å². The van der Waals surface area contributed by atoms with Crippen molar-refractivity contribution in [1.82, 2.24) is 10.2 Å². The summed E-state index contributed by atoms with van der Waals surface area (Å²) in [5, 5.41) is 11.2. The van der Waals surface area contributed by atoms with Gasteiger partial charge in [-0.05, 0) is 36.8 Å². The molecule has 0 saturated carbocycles. The third-order valence-corrected chi connectivity index (χ3v) is 3.08. The summed E-state index contributed by atoms with van der Waals surface area (Å²) in [5.74, 6) is 1.78. The third-order valence-electron chi connectivity index (χ3n) is 3.08. The van der Waals surface area contributed by atoms with E-state index in [4.69, 9.17) is 9.15 Å². The summed E-state index contributed by atoms with van der Waals surface area (Å²) in [4.78, 5) is 0. The molecule has 5 heteroatoms. The van der Waals surface area contributed by atoms with Gasteiger partial charge in [-0.2, -0.15) is 0 Å². The van der Waals surface area contributed by atoms with Gasteiger partial charge in [0.1, 0.15) is 5.75 Å². The van der Waals surface area contributed by atoms with Gasteiger partial charge in [0.05, 0.1) is 6.54 Å². The number of para-hydroxylation sites is 1. The van der Waals surface area contributed by atoms with Crippen LogP contribution in [-0.2, 0) is 13.2 Å². The van der Waals surface area contributed by atoms with E-state index in [0.717, 1.165) is 11.4 Å². The van der Waals surface area contributed by atoms with E-state index in [2.05, 4.69) is 34.6 Å². The molecule has 0 saturated heterocycles. The molecule has 1 N–H and O–H groups in total. The van der Waals surface area contributed by atoms with Crippen LogP contribution in [0.25, 0.3) is 0 Å². The molecule has 0 fully saturated rings. The summed E-state index contributed by atoms with van der Waals surface area (Å²) < 4.78 is 11.1. The molecule has 0 spiro atoms. The highest BCUT2D eigenvalue weighted by atomic mass is 16.5. The van der Waals surface area contributed by atoms with Crippen LogP contribution in [0.1, 0.15) is 17.3 Å². The van der Waals surface area contributed by atoms with Crippen molar-refractivity contribution >= 4 is 5.69 Å². The van der Waals surface area contributed by atoms with E-state index in [9.17, 15) is 0 Å². The van der Waals surface area contributed by atoms with E-state index >= 15 is 0 Å². The molecule has 0 bridgehead atoms. The molecule has 0 aliphatic carbocycles. The molecule has 1 aromatic heterocycles. The average molecular weight is 295 g/mol. The predicted molar refractivity (Wildman–Crippen MR) is 83.6 cm³/mol. The third kappa shape index (κ3) is 3.85. The Bertz CT molecular complexity index is 726. The van der Waals surface area contributed by atoms with Crippen LogP contribution in [0, 0.1) is 6.92 Å².